The summed E-state index contributed by atoms with van der Waals surface area (Å²) < 4.78 is 93.1. The molecule has 4 aromatic rings. The van der Waals surface area contributed by atoms with Gasteiger partial charge in [0, 0.05) is 34.3 Å². The number of fused-ring (bicyclic) bond motifs is 1. The summed E-state index contributed by atoms with van der Waals surface area (Å²) in [6.07, 6.45) is -6.48. The monoisotopic (exact) mass is 635 g/mol. The second-order valence-corrected chi connectivity index (χ2v) is 12.5. The third kappa shape index (κ3) is 7.71. The Kier molecular flexibility index (Phi) is 9.50. The van der Waals surface area contributed by atoms with Crippen LogP contribution >= 0.6 is 0 Å². The molecule has 1 fully saturated rings. The number of carbonyl (C=O) groups excluding carboxylic acids is 1. The predicted molar refractivity (Wildman–Crippen MR) is 156 cm³/mol. The van der Waals surface area contributed by atoms with E-state index in [0.29, 0.717) is 43.8 Å². The van der Waals surface area contributed by atoms with Gasteiger partial charge in [-0.1, -0.05) is 36.4 Å². The van der Waals surface area contributed by atoms with Crippen molar-refractivity contribution in [1.82, 2.24) is 15.2 Å². The number of hydrogen-bond acceptors (Lipinski definition) is 3. The molecule has 0 aliphatic carbocycles. The smallest absolute Gasteiger partial charge is 0.361 e. The van der Waals surface area contributed by atoms with E-state index in [1.54, 1.807) is 0 Å². The highest BCUT2D eigenvalue weighted by Crippen LogP contribution is 2.36. The lowest BCUT2D eigenvalue weighted by atomic mass is 9.95. The van der Waals surface area contributed by atoms with E-state index in [4.69, 9.17) is 0 Å². The molecule has 234 valence electrons. The van der Waals surface area contributed by atoms with E-state index in [1.165, 1.54) is 0 Å². The number of aromatic amines is 1. The zero-order valence-electron chi connectivity index (χ0n) is 23.5. The van der Waals surface area contributed by atoms with Crippen molar-refractivity contribution in [3.8, 4) is 0 Å². The first-order valence-corrected chi connectivity index (χ1v) is 15.5. The minimum atomic E-state index is -4.98. The van der Waals surface area contributed by atoms with Crippen molar-refractivity contribution >= 4 is 27.6 Å². The molecular formula is C32H31F6N3O2S. The SMILES string of the molecule is O=C(NCc1cc(C(F)(F)F)cc(C(F)(F)F)c1)C(Cc1c[nH]c2ccccc12)N1CCC(CS(=O)c2ccccc2)CC1. The van der Waals surface area contributed by atoms with Crippen LogP contribution in [0.4, 0.5) is 26.3 Å². The van der Waals surface area contributed by atoms with Crippen molar-refractivity contribution in [2.75, 3.05) is 18.8 Å². The van der Waals surface area contributed by atoms with Crippen molar-refractivity contribution in [2.24, 2.45) is 5.92 Å². The summed E-state index contributed by atoms with van der Waals surface area (Å²) in [7, 11) is -1.16. The Morgan fingerprint density at radius 2 is 1.52 bits per heavy atom. The number of nitrogens with one attached hydrogen (secondary N) is 2. The van der Waals surface area contributed by atoms with Gasteiger partial charge in [-0.3, -0.25) is 13.9 Å². The summed E-state index contributed by atoms with van der Waals surface area (Å²) in [5.41, 5.74) is -1.41. The zero-order chi connectivity index (χ0) is 31.5. The minimum absolute atomic E-state index is 0.0696. The molecule has 0 bridgehead atoms. The van der Waals surface area contributed by atoms with Crippen LogP contribution in [0.15, 0.2) is 83.9 Å². The van der Waals surface area contributed by atoms with Crippen molar-refractivity contribution in [1.29, 1.82) is 0 Å². The van der Waals surface area contributed by atoms with E-state index < -0.39 is 52.8 Å². The molecule has 1 amide bonds. The predicted octanol–water partition coefficient (Wildman–Crippen LogP) is 6.95. The number of amides is 1. The third-order valence-electron chi connectivity index (χ3n) is 7.99. The molecule has 2 heterocycles. The van der Waals surface area contributed by atoms with Gasteiger partial charge in [0.15, 0.2) is 0 Å². The van der Waals surface area contributed by atoms with E-state index in [-0.39, 0.29) is 24.0 Å². The van der Waals surface area contributed by atoms with Gasteiger partial charge in [0.2, 0.25) is 5.91 Å². The number of carbonyl (C=O) groups is 1. The van der Waals surface area contributed by atoms with Gasteiger partial charge in [0.25, 0.3) is 0 Å². The van der Waals surface area contributed by atoms with Crippen LogP contribution in [0, 0.1) is 5.92 Å². The lowest BCUT2D eigenvalue weighted by Gasteiger charge is -2.37. The molecule has 1 aliphatic rings. The van der Waals surface area contributed by atoms with Crippen LogP contribution in [0.5, 0.6) is 0 Å². The number of halogens is 6. The Morgan fingerprint density at radius 1 is 0.909 bits per heavy atom. The molecule has 2 N–H and O–H groups in total. The topological polar surface area (TPSA) is 65.2 Å². The molecule has 0 saturated carbocycles. The number of benzene rings is 3. The number of hydrogen-bond donors (Lipinski definition) is 2. The van der Waals surface area contributed by atoms with Gasteiger partial charge >= 0.3 is 12.4 Å². The van der Waals surface area contributed by atoms with Crippen LogP contribution in [0.1, 0.15) is 35.1 Å². The van der Waals surface area contributed by atoms with E-state index >= 15 is 0 Å². The van der Waals surface area contributed by atoms with Crippen LogP contribution in [0.25, 0.3) is 10.9 Å². The lowest BCUT2D eigenvalue weighted by Crippen LogP contribution is -2.51. The number of aromatic nitrogens is 1. The minimum Gasteiger partial charge on any atom is -0.361 e. The maximum absolute atomic E-state index is 13.6. The Hall–Kier alpha value is -3.64. The van der Waals surface area contributed by atoms with Crippen LogP contribution in [-0.4, -0.2) is 44.9 Å². The van der Waals surface area contributed by atoms with Crippen molar-refractivity contribution in [3.63, 3.8) is 0 Å². The summed E-state index contributed by atoms with van der Waals surface area (Å²) in [4.78, 5) is 19.6. The van der Waals surface area contributed by atoms with Gasteiger partial charge in [-0.05, 0) is 85.8 Å². The standard InChI is InChI=1S/C32H31F6N3O2S/c33-31(34,35)24-14-22(15-25(17-24)32(36,37)38)18-40-30(42)29(16-23-19-39-28-9-5-4-8-27(23)28)41-12-10-21(11-13-41)20-44(43)26-6-2-1-3-7-26/h1-9,14-15,17,19,21,29,39H,10-13,16,18,20H2,(H,40,42). The highest BCUT2D eigenvalue weighted by Gasteiger charge is 2.37. The van der Waals surface area contributed by atoms with E-state index in [0.717, 1.165) is 21.4 Å². The fourth-order valence-corrected chi connectivity index (χ4v) is 7.05. The first-order chi connectivity index (χ1) is 20.9. The average molecular weight is 636 g/mol. The maximum atomic E-state index is 13.6. The molecule has 2 unspecified atom stereocenters. The number of alkyl halides is 6. The Morgan fingerprint density at radius 3 is 2.16 bits per heavy atom. The van der Waals surface area contributed by atoms with Gasteiger partial charge in [0.1, 0.15) is 0 Å². The number of piperidine rings is 1. The molecular weight excluding hydrogens is 604 g/mol. The first-order valence-electron chi connectivity index (χ1n) is 14.2. The summed E-state index contributed by atoms with van der Waals surface area (Å²) in [5.74, 6) is 0.177. The molecule has 3 aromatic carbocycles. The van der Waals surface area contributed by atoms with Crippen molar-refractivity contribution in [3.05, 3.63) is 101 Å². The lowest BCUT2D eigenvalue weighted by molar-refractivity contribution is -0.143. The molecule has 0 spiro atoms. The van der Waals surface area contributed by atoms with Gasteiger partial charge < -0.3 is 10.3 Å². The highest BCUT2D eigenvalue weighted by molar-refractivity contribution is 7.85. The third-order valence-corrected chi connectivity index (χ3v) is 9.56. The number of likely N-dealkylation sites (tertiary alicyclic amines) is 1. The quantitative estimate of drug-likeness (QED) is 0.196. The summed E-state index contributed by atoms with van der Waals surface area (Å²) in [5, 5.41) is 3.53. The molecule has 1 saturated heterocycles. The second-order valence-electron chi connectivity index (χ2n) is 11.0. The van der Waals surface area contributed by atoms with Crippen molar-refractivity contribution < 1.29 is 35.3 Å². The van der Waals surface area contributed by atoms with Crippen LogP contribution < -0.4 is 5.32 Å². The van der Waals surface area contributed by atoms with E-state index in [9.17, 15) is 35.3 Å². The Balaban J connectivity index is 1.32. The largest absolute Gasteiger partial charge is 0.416 e. The number of H-pyrrole nitrogens is 1. The second kappa shape index (κ2) is 13.2. The maximum Gasteiger partial charge on any atom is 0.416 e. The summed E-state index contributed by atoms with van der Waals surface area (Å²) >= 11 is 0. The Labute approximate surface area is 253 Å². The van der Waals surface area contributed by atoms with Crippen molar-refractivity contribution in [2.45, 2.75) is 49.1 Å². The number of nitrogens with zero attached hydrogens (tertiary/aromatic N) is 1. The molecule has 1 aromatic heterocycles. The fraction of sp³-hybridized carbons (Fsp3) is 0.344. The molecule has 12 heteroatoms. The molecule has 2 atom stereocenters. The normalized spacial score (nSPS) is 16.6. The summed E-state index contributed by atoms with van der Waals surface area (Å²) in [6.45, 7) is 0.556. The highest BCUT2D eigenvalue weighted by atomic mass is 32.2. The molecule has 44 heavy (non-hydrogen) atoms. The molecule has 0 radical (unpaired) electrons. The van der Waals surface area contributed by atoms with E-state index in [2.05, 4.69) is 10.3 Å². The van der Waals surface area contributed by atoms with Gasteiger partial charge in [0.05, 0.1) is 28.0 Å². The average Bonchev–Trinajstić information content (AvgIpc) is 3.41. The Bertz CT molecular complexity index is 1580. The number of para-hydroxylation sites is 1. The van der Waals surface area contributed by atoms with Gasteiger partial charge in [-0.15, -0.1) is 0 Å². The van der Waals surface area contributed by atoms with E-state index in [1.807, 2.05) is 65.7 Å². The fourth-order valence-electron chi connectivity index (χ4n) is 5.64. The molecule has 5 nitrogen and oxygen atoms in total. The van der Waals surface area contributed by atoms with Gasteiger partial charge in [-0.25, -0.2) is 0 Å². The van der Waals surface area contributed by atoms with Crippen LogP contribution in [0.3, 0.4) is 0 Å². The zero-order valence-corrected chi connectivity index (χ0v) is 24.4. The molecule has 1 aliphatic heterocycles. The van der Waals surface area contributed by atoms with Gasteiger partial charge in [-0.2, -0.15) is 26.3 Å². The number of rotatable bonds is 9. The summed E-state index contributed by atoms with van der Waals surface area (Å²) in [6, 6.07) is 17.4. The molecule has 5 rings (SSSR count). The van der Waals surface area contributed by atoms with Crippen LogP contribution in [-0.2, 0) is 40.9 Å². The van der Waals surface area contributed by atoms with Crippen LogP contribution in [0.2, 0.25) is 0 Å². The first kappa shape index (κ1) is 31.8.